The van der Waals surface area contributed by atoms with Gasteiger partial charge >= 0.3 is 5.97 Å². The minimum atomic E-state index is -1.28. The maximum atomic E-state index is 13.0. The number of fused-ring (bicyclic) bond motifs is 1. The average molecular weight is 180 g/mol. The second kappa shape index (κ2) is 2.55. The van der Waals surface area contributed by atoms with Gasteiger partial charge in [0.15, 0.2) is 0 Å². The minimum absolute atomic E-state index is 0.339. The summed E-state index contributed by atoms with van der Waals surface area (Å²) in [6, 6.07) is 2.36. The van der Waals surface area contributed by atoms with E-state index >= 15 is 0 Å². The molecule has 0 aliphatic carbocycles. The van der Waals surface area contributed by atoms with Gasteiger partial charge in [0.2, 0.25) is 0 Å². The lowest BCUT2D eigenvalue weighted by molar-refractivity contribution is 0.0692. The van der Waals surface area contributed by atoms with Crippen LogP contribution >= 0.6 is 0 Å². The van der Waals surface area contributed by atoms with Gasteiger partial charge in [-0.2, -0.15) is 5.10 Å². The number of carboxylic acids is 1. The number of halogens is 1. The Kier molecular flexibility index (Phi) is 1.51. The van der Waals surface area contributed by atoms with Gasteiger partial charge in [0.1, 0.15) is 5.82 Å². The molecule has 13 heavy (non-hydrogen) atoms. The first-order valence-electron chi connectivity index (χ1n) is 3.54. The van der Waals surface area contributed by atoms with Gasteiger partial charge in [-0.15, -0.1) is 0 Å². The molecule has 0 aliphatic rings. The number of benzene rings is 1. The fraction of sp³-hybridized carbons (Fsp3) is 0. The van der Waals surface area contributed by atoms with E-state index in [9.17, 15) is 9.18 Å². The molecule has 2 rings (SSSR count). The summed E-state index contributed by atoms with van der Waals surface area (Å²) in [5, 5.41) is 15.4. The van der Waals surface area contributed by atoms with Crippen molar-refractivity contribution < 1.29 is 14.3 Å². The van der Waals surface area contributed by atoms with Crippen molar-refractivity contribution in [2.75, 3.05) is 0 Å². The lowest BCUT2D eigenvalue weighted by Crippen LogP contribution is -1.99. The van der Waals surface area contributed by atoms with Crippen LogP contribution in [0, 0.1) is 5.82 Å². The van der Waals surface area contributed by atoms with Crippen LogP contribution in [0.25, 0.3) is 10.9 Å². The van der Waals surface area contributed by atoms with Crippen LogP contribution in [0.4, 0.5) is 4.39 Å². The van der Waals surface area contributed by atoms with E-state index in [2.05, 4.69) is 10.2 Å². The summed E-state index contributed by atoms with van der Waals surface area (Å²) >= 11 is 0. The standard InChI is InChI=1S/C8H5FN2O2/c9-6-2-7-4(3-10-11-7)1-5(6)8(12)13/h1-3H,(H,10,11)(H,12,13). The van der Waals surface area contributed by atoms with Gasteiger partial charge in [-0.1, -0.05) is 0 Å². The van der Waals surface area contributed by atoms with Gasteiger partial charge in [0.05, 0.1) is 17.3 Å². The summed E-state index contributed by atoms with van der Waals surface area (Å²) in [4.78, 5) is 10.5. The number of aromatic amines is 1. The van der Waals surface area contributed by atoms with Gasteiger partial charge in [0.25, 0.3) is 0 Å². The largest absolute Gasteiger partial charge is 0.478 e. The summed E-state index contributed by atoms with van der Waals surface area (Å²) in [5.41, 5.74) is 0.149. The third-order valence-corrected chi connectivity index (χ3v) is 1.76. The predicted octanol–water partition coefficient (Wildman–Crippen LogP) is 1.40. The Morgan fingerprint density at radius 2 is 2.31 bits per heavy atom. The maximum Gasteiger partial charge on any atom is 0.338 e. The lowest BCUT2D eigenvalue weighted by atomic mass is 10.1. The van der Waals surface area contributed by atoms with Crippen molar-refractivity contribution in [1.82, 2.24) is 10.2 Å². The Morgan fingerprint density at radius 1 is 1.54 bits per heavy atom. The van der Waals surface area contributed by atoms with Crippen LogP contribution in [0.3, 0.4) is 0 Å². The molecule has 0 unspecified atom stereocenters. The molecule has 0 radical (unpaired) electrons. The van der Waals surface area contributed by atoms with Crippen molar-refractivity contribution in [2.24, 2.45) is 0 Å². The zero-order valence-electron chi connectivity index (χ0n) is 6.41. The summed E-state index contributed by atoms with van der Waals surface area (Å²) in [5.74, 6) is -2.04. The molecule has 0 amide bonds. The molecule has 2 aromatic rings. The molecule has 1 heterocycles. The van der Waals surface area contributed by atoms with Crippen molar-refractivity contribution in [3.8, 4) is 0 Å². The highest BCUT2D eigenvalue weighted by molar-refractivity contribution is 5.93. The summed E-state index contributed by atoms with van der Waals surface area (Å²) in [6.45, 7) is 0. The van der Waals surface area contributed by atoms with Crippen LogP contribution in [0.15, 0.2) is 18.3 Å². The van der Waals surface area contributed by atoms with E-state index in [1.165, 1.54) is 12.3 Å². The quantitative estimate of drug-likeness (QED) is 0.697. The summed E-state index contributed by atoms with van der Waals surface area (Å²) in [7, 11) is 0. The van der Waals surface area contributed by atoms with Crippen molar-refractivity contribution in [3.05, 3.63) is 29.7 Å². The molecule has 0 saturated heterocycles. The first-order chi connectivity index (χ1) is 6.18. The Bertz CT molecular complexity index is 478. The number of rotatable bonds is 1. The van der Waals surface area contributed by atoms with E-state index in [4.69, 9.17) is 5.11 Å². The smallest absolute Gasteiger partial charge is 0.338 e. The molecule has 1 aromatic carbocycles. The number of nitrogens with one attached hydrogen (secondary N) is 1. The van der Waals surface area contributed by atoms with Crippen molar-refractivity contribution in [1.29, 1.82) is 0 Å². The minimum Gasteiger partial charge on any atom is -0.478 e. The van der Waals surface area contributed by atoms with Crippen LogP contribution in [0.5, 0.6) is 0 Å². The zero-order chi connectivity index (χ0) is 9.42. The van der Waals surface area contributed by atoms with Crippen LogP contribution in [0.2, 0.25) is 0 Å². The van der Waals surface area contributed by atoms with Gasteiger partial charge in [0, 0.05) is 11.5 Å². The maximum absolute atomic E-state index is 13.0. The molecular weight excluding hydrogens is 175 g/mol. The van der Waals surface area contributed by atoms with Crippen molar-refractivity contribution >= 4 is 16.9 Å². The number of H-pyrrole nitrogens is 1. The Hall–Kier alpha value is -1.91. The third kappa shape index (κ3) is 1.14. The summed E-state index contributed by atoms with van der Waals surface area (Å²) in [6.07, 6.45) is 1.45. The molecule has 0 aliphatic heterocycles. The topological polar surface area (TPSA) is 66.0 Å². The molecule has 0 bridgehead atoms. The predicted molar refractivity (Wildman–Crippen MR) is 43.0 cm³/mol. The van der Waals surface area contributed by atoms with Gasteiger partial charge in [-0.3, -0.25) is 5.10 Å². The molecule has 5 heteroatoms. The lowest BCUT2D eigenvalue weighted by Gasteiger charge is -1.96. The van der Waals surface area contributed by atoms with E-state index in [0.717, 1.165) is 6.07 Å². The molecular formula is C8H5FN2O2. The van der Waals surface area contributed by atoms with Crippen LogP contribution in [-0.2, 0) is 0 Å². The number of aromatic carboxylic acids is 1. The summed E-state index contributed by atoms with van der Waals surface area (Å²) < 4.78 is 13.0. The van der Waals surface area contributed by atoms with E-state index in [1.807, 2.05) is 0 Å². The molecule has 0 fully saturated rings. The van der Waals surface area contributed by atoms with Gasteiger partial charge in [-0.05, 0) is 6.07 Å². The molecule has 4 nitrogen and oxygen atoms in total. The normalized spacial score (nSPS) is 10.5. The van der Waals surface area contributed by atoms with Crippen LogP contribution in [-0.4, -0.2) is 21.3 Å². The average Bonchev–Trinajstić information content (AvgIpc) is 2.48. The molecule has 0 spiro atoms. The van der Waals surface area contributed by atoms with E-state index < -0.39 is 11.8 Å². The van der Waals surface area contributed by atoms with Crippen LogP contribution < -0.4 is 0 Å². The Balaban J connectivity index is 2.76. The SMILES string of the molecule is O=C(O)c1cc2cn[nH]c2cc1F. The Labute approximate surface area is 72.0 Å². The third-order valence-electron chi connectivity index (χ3n) is 1.76. The number of hydrogen-bond donors (Lipinski definition) is 2. The van der Waals surface area contributed by atoms with E-state index in [-0.39, 0.29) is 5.56 Å². The number of hydrogen-bond acceptors (Lipinski definition) is 2. The fourth-order valence-electron chi connectivity index (χ4n) is 1.13. The second-order valence-corrected chi connectivity index (χ2v) is 2.59. The number of carbonyl (C=O) groups is 1. The molecule has 2 N–H and O–H groups in total. The fourth-order valence-corrected chi connectivity index (χ4v) is 1.13. The van der Waals surface area contributed by atoms with Crippen LogP contribution in [0.1, 0.15) is 10.4 Å². The highest BCUT2D eigenvalue weighted by Crippen LogP contribution is 2.16. The first kappa shape index (κ1) is 7.72. The highest BCUT2D eigenvalue weighted by atomic mass is 19.1. The van der Waals surface area contributed by atoms with Crippen molar-refractivity contribution in [2.45, 2.75) is 0 Å². The molecule has 0 atom stereocenters. The van der Waals surface area contributed by atoms with Gasteiger partial charge in [-0.25, -0.2) is 9.18 Å². The highest BCUT2D eigenvalue weighted by Gasteiger charge is 2.11. The second-order valence-electron chi connectivity index (χ2n) is 2.59. The molecule has 1 aromatic heterocycles. The number of aromatic nitrogens is 2. The van der Waals surface area contributed by atoms with Gasteiger partial charge < -0.3 is 5.11 Å². The van der Waals surface area contributed by atoms with E-state index in [1.54, 1.807) is 0 Å². The number of nitrogens with zero attached hydrogens (tertiary/aromatic N) is 1. The monoisotopic (exact) mass is 180 g/mol. The van der Waals surface area contributed by atoms with E-state index in [0.29, 0.717) is 10.9 Å². The molecule has 0 saturated carbocycles. The first-order valence-corrected chi connectivity index (χ1v) is 3.54. The zero-order valence-corrected chi connectivity index (χ0v) is 6.41. The van der Waals surface area contributed by atoms with Crippen molar-refractivity contribution in [3.63, 3.8) is 0 Å². The molecule has 66 valence electrons. The Morgan fingerprint density at radius 3 is 3.00 bits per heavy atom. The number of carboxylic acid groups (broad SMARTS) is 1.